The molecule has 2 rings (SSSR count). The van der Waals surface area contributed by atoms with Gasteiger partial charge in [0.05, 0.1) is 24.5 Å². The fourth-order valence-corrected chi connectivity index (χ4v) is 2.90. The van der Waals surface area contributed by atoms with Crippen LogP contribution in [0.1, 0.15) is 25.1 Å². The van der Waals surface area contributed by atoms with E-state index in [0.717, 1.165) is 24.3 Å². The predicted octanol–water partition coefficient (Wildman–Crippen LogP) is 1.39. The van der Waals surface area contributed by atoms with Crippen molar-refractivity contribution in [2.45, 2.75) is 45.4 Å². The lowest BCUT2D eigenvalue weighted by Crippen LogP contribution is -2.50. The van der Waals surface area contributed by atoms with Crippen molar-refractivity contribution >= 4 is 11.6 Å². The van der Waals surface area contributed by atoms with E-state index in [-0.39, 0.29) is 6.10 Å². The highest BCUT2D eigenvalue weighted by molar-refractivity contribution is 6.30. The summed E-state index contributed by atoms with van der Waals surface area (Å²) in [6, 6.07) is 0.470. The first-order chi connectivity index (χ1) is 9.40. The monoisotopic (exact) mass is 301 g/mol. The average molecular weight is 302 g/mol. The fraction of sp³-hybridized carbons (Fsp3) is 0.786. The summed E-state index contributed by atoms with van der Waals surface area (Å²) in [5.41, 5.74) is 1.78. The van der Waals surface area contributed by atoms with E-state index in [4.69, 9.17) is 16.3 Å². The highest BCUT2D eigenvalue weighted by Gasteiger charge is 2.29. The fourth-order valence-electron chi connectivity index (χ4n) is 2.64. The molecule has 0 aliphatic carbocycles. The second-order valence-corrected chi connectivity index (χ2v) is 6.11. The van der Waals surface area contributed by atoms with Crippen LogP contribution in [0.25, 0.3) is 0 Å². The second-order valence-electron chi connectivity index (χ2n) is 5.75. The molecule has 6 heteroatoms. The number of aromatic nitrogens is 2. The van der Waals surface area contributed by atoms with Gasteiger partial charge in [-0.15, -0.1) is 0 Å². The number of ether oxygens (including phenoxy) is 1. The number of aryl methyl sites for hydroxylation is 2. The van der Waals surface area contributed by atoms with Crippen LogP contribution in [0.4, 0.5) is 0 Å². The summed E-state index contributed by atoms with van der Waals surface area (Å²) in [4.78, 5) is 2.33. The molecule has 20 heavy (non-hydrogen) atoms. The van der Waals surface area contributed by atoms with E-state index in [1.165, 1.54) is 0 Å². The summed E-state index contributed by atoms with van der Waals surface area (Å²) < 4.78 is 7.36. The normalized spacial score (nSPS) is 22.4. The smallest absolute Gasteiger partial charge is 0.130 e. The summed E-state index contributed by atoms with van der Waals surface area (Å²) in [6.45, 7) is 8.59. The molecule has 1 aromatic heterocycles. The molecule has 2 atom stereocenters. The summed E-state index contributed by atoms with van der Waals surface area (Å²) in [5, 5.41) is 15.3. The minimum atomic E-state index is -0.558. The number of hydrogen-bond acceptors (Lipinski definition) is 4. The van der Waals surface area contributed by atoms with E-state index in [1.807, 2.05) is 14.0 Å². The number of aliphatic hydroxyl groups excluding tert-OH is 1. The maximum absolute atomic E-state index is 10.4. The highest BCUT2D eigenvalue weighted by Crippen LogP contribution is 2.22. The van der Waals surface area contributed by atoms with Crippen LogP contribution in [0.3, 0.4) is 0 Å². The summed E-state index contributed by atoms with van der Waals surface area (Å²) in [5.74, 6) is 0. The molecule has 0 radical (unpaired) electrons. The van der Waals surface area contributed by atoms with Crippen molar-refractivity contribution in [1.82, 2.24) is 14.7 Å². The Labute approximate surface area is 125 Å². The van der Waals surface area contributed by atoms with Gasteiger partial charge in [-0.1, -0.05) is 11.6 Å². The Hall–Kier alpha value is -0.620. The van der Waals surface area contributed by atoms with Gasteiger partial charge in [-0.05, 0) is 20.8 Å². The summed E-state index contributed by atoms with van der Waals surface area (Å²) in [6.07, 6.45) is -0.242. The molecule has 1 fully saturated rings. The first kappa shape index (κ1) is 15.8. The topological polar surface area (TPSA) is 50.5 Å². The minimum Gasteiger partial charge on any atom is -0.390 e. The van der Waals surface area contributed by atoms with Gasteiger partial charge in [-0.3, -0.25) is 9.58 Å². The molecule has 1 saturated heterocycles. The number of nitrogens with zero attached hydrogens (tertiary/aromatic N) is 3. The van der Waals surface area contributed by atoms with Crippen LogP contribution in [0.5, 0.6) is 0 Å². The molecule has 2 unspecified atom stereocenters. The predicted molar refractivity (Wildman–Crippen MR) is 79.1 cm³/mol. The third kappa shape index (κ3) is 3.34. The van der Waals surface area contributed by atoms with Gasteiger partial charge in [0.2, 0.25) is 0 Å². The van der Waals surface area contributed by atoms with Gasteiger partial charge >= 0.3 is 0 Å². The van der Waals surface area contributed by atoms with E-state index < -0.39 is 6.10 Å². The Balaban J connectivity index is 2.02. The van der Waals surface area contributed by atoms with Crippen molar-refractivity contribution in [3.05, 3.63) is 16.4 Å². The Kier molecular flexibility index (Phi) is 5.07. The number of hydrogen-bond donors (Lipinski definition) is 1. The largest absolute Gasteiger partial charge is 0.390 e. The lowest BCUT2D eigenvalue weighted by molar-refractivity contribution is -0.0941. The zero-order chi connectivity index (χ0) is 14.9. The second kappa shape index (κ2) is 6.43. The maximum Gasteiger partial charge on any atom is 0.130 e. The Morgan fingerprint density at radius 1 is 1.50 bits per heavy atom. The highest BCUT2D eigenvalue weighted by atomic mass is 35.5. The van der Waals surface area contributed by atoms with Crippen molar-refractivity contribution in [1.29, 1.82) is 0 Å². The van der Waals surface area contributed by atoms with E-state index in [2.05, 4.69) is 23.8 Å². The molecule has 0 aromatic carbocycles. The van der Waals surface area contributed by atoms with Gasteiger partial charge in [-0.25, -0.2) is 0 Å². The Morgan fingerprint density at radius 3 is 2.75 bits per heavy atom. The van der Waals surface area contributed by atoms with Crippen LogP contribution in [0, 0.1) is 6.92 Å². The molecular formula is C14H24ClN3O2. The van der Waals surface area contributed by atoms with Gasteiger partial charge in [0.15, 0.2) is 0 Å². The quantitative estimate of drug-likeness (QED) is 0.913. The molecule has 0 amide bonds. The third-order valence-electron chi connectivity index (χ3n) is 3.97. The SMILES string of the molecule is Cc1nn(C)c(Cl)c1CC(O)C1CN(C(C)C)CCO1. The van der Waals surface area contributed by atoms with Gasteiger partial charge in [0.25, 0.3) is 0 Å². The molecule has 2 heterocycles. The van der Waals surface area contributed by atoms with Crippen molar-refractivity contribution in [2.24, 2.45) is 7.05 Å². The lowest BCUT2D eigenvalue weighted by atomic mass is 10.0. The van der Waals surface area contributed by atoms with Crippen molar-refractivity contribution in [3.63, 3.8) is 0 Å². The molecule has 5 nitrogen and oxygen atoms in total. The van der Waals surface area contributed by atoms with Crippen LogP contribution in [-0.2, 0) is 18.2 Å². The van der Waals surface area contributed by atoms with Gasteiger partial charge in [-0.2, -0.15) is 5.10 Å². The minimum absolute atomic E-state index is 0.165. The molecule has 1 aromatic rings. The average Bonchev–Trinajstić information content (AvgIpc) is 2.65. The van der Waals surface area contributed by atoms with Crippen LogP contribution in [0.15, 0.2) is 0 Å². The van der Waals surface area contributed by atoms with Crippen LogP contribution in [-0.4, -0.2) is 57.7 Å². The van der Waals surface area contributed by atoms with Gasteiger partial charge < -0.3 is 9.84 Å². The van der Waals surface area contributed by atoms with Crippen molar-refractivity contribution in [2.75, 3.05) is 19.7 Å². The van der Waals surface area contributed by atoms with Crippen LogP contribution < -0.4 is 0 Å². The van der Waals surface area contributed by atoms with Gasteiger partial charge in [0, 0.05) is 38.2 Å². The zero-order valence-electron chi connectivity index (χ0n) is 12.6. The molecule has 1 N–H and O–H groups in total. The first-order valence-electron chi connectivity index (χ1n) is 7.11. The Morgan fingerprint density at radius 2 is 2.20 bits per heavy atom. The van der Waals surface area contributed by atoms with Crippen LogP contribution >= 0.6 is 11.6 Å². The standard InChI is InChI=1S/C14H24ClN3O2/c1-9(2)18-5-6-20-13(8-18)12(19)7-11-10(3)16-17(4)14(11)15/h9,12-13,19H,5-8H2,1-4H3. The van der Waals surface area contributed by atoms with Crippen LogP contribution in [0.2, 0.25) is 5.15 Å². The molecule has 0 bridgehead atoms. The lowest BCUT2D eigenvalue weighted by Gasteiger charge is -2.37. The summed E-state index contributed by atoms with van der Waals surface area (Å²) >= 11 is 6.21. The number of morpholine rings is 1. The molecule has 1 aliphatic heterocycles. The maximum atomic E-state index is 10.4. The number of aliphatic hydroxyl groups is 1. The van der Waals surface area contributed by atoms with Gasteiger partial charge in [0.1, 0.15) is 5.15 Å². The molecular weight excluding hydrogens is 278 g/mol. The molecule has 0 saturated carbocycles. The van der Waals surface area contributed by atoms with Crippen molar-refractivity contribution < 1.29 is 9.84 Å². The zero-order valence-corrected chi connectivity index (χ0v) is 13.4. The first-order valence-corrected chi connectivity index (χ1v) is 7.49. The summed E-state index contributed by atoms with van der Waals surface area (Å²) in [7, 11) is 1.81. The molecule has 0 spiro atoms. The third-order valence-corrected chi connectivity index (χ3v) is 4.44. The van der Waals surface area contributed by atoms with E-state index >= 15 is 0 Å². The number of rotatable bonds is 4. The van der Waals surface area contributed by atoms with Crippen molar-refractivity contribution in [3.8, 4) is 0 Å². The van der Waals surface area contributed by atoms with E-state index in [0.29, 0.717) is 24.2 Å². The molecule has 114 valence electrons. The molecule has 1 aliphatic rings. The Bertz CT molecular complexity index is 462. The van der Waals surface area contributed by atoms with E-state index in [9.17, 15) is 5.11 Å². The van der Waals surface area contributed by atoms with E-state index in [1.54, 1.807) is 4.68 Å². The number of halogens is 1.